The lowest BCUT2D eigenvalue weighted by Crippen LogP contribution is -2.31. The lowest BCUT2D eigenvalue weighted by molar-refractivity contribution is 0.0664. The Balaban J connectivity index is 0.000000784. The molecule has 2 aliphatic heterocycles. The molecule has 0 aliphatic carbocycles. The molecule has 0 aromatic heterocycles. The molecule has 0 fully saturated rings. The summed E-state index contributed by atoms with van der Waals surface area (Å²) >= 11 is 1.68. The summed E-state index contributed by atoms with van der Waals surface area (Å²) in [5, 5.41) is 3.33. The van der Waals surface area contributed by atoms with Gasteiger partial charge in [0.15, 0.2) is 0 Å². The number of nitrogens with one attached hydrogen (secondary N) is 1. The third-order valence-corrected chi connectivity index (χ3v) is 5.24. The number of thioether (sulfide) groups is 1. The molecule has 0 saturated heterocycles. The van der Waals surface area contributed by atoms with Gasteiger partial charge in [-0.1, -0.05) is 32.0 Å². The van der Waals surface area contributed by atoms with E-state index in [1.165, 1.54) is 20.9 Å². The van der Waals surface area contributed by atoms with Crippen LogP contribution < -0.4 is 5.32 Å². The van der Waals surface area contributed by atoms with Gasteiger partial charge in [0.2, 0.25) is 0 Å². The largest absolute Gasteiger partial charge is 0.309 e. The smallest absolute Gasteiger partial charge is 0.261 e. The number of hydrogen-bond acceptors (Lipinski definition) is 4. The van der Waals surface area contributed by atoms with Crippen molar-refractivity contribution >= 4 is 23.6 Å². The summed E-state index contributed by atoms with van der Waals surface area (Å²) in [6.07, 6.45) is 0. The van der Waals surface area contributed by atoms with E-state index in [4.69, 9.17) is 0 Å². The Labute approximate surface area is 154 Å². The molecule has 0 atom stereocenters. The molecule has 0 radical (unpaired) electrons. The summed E-state index contributed by atoms with van der Waals surface area (Å²) < 4.78 is 0. The van der Waals surface area contributed by atoms with Crippen LogP contribution in [0.15, 0.2) is 47.4 Å². The molecule has 2 amide bonds. The number of benzene rings is 2. The minimum absolute atomic E-state index is 0. The van der Waals surface area contributed by atoms with E-state index in [1.807, 2.05) is 13.8 Å². The Morgan fingerprint density at radius 3 is 2.32 bits per heavy atom. The fourth-order valence-electron chi connectivity index (χ4n) is 3.06. The predicted molar refractivity (Wildman–Crippen MR) is 103 cm³/mol. The van der Waals surface area contributed by atoms with Crippen LogP contribution in [0.4, 0.5) is 0 Å². The highest BCUT2D eigenvalue weighted by atomic mass is 32.2. The Bertz CT molecular complexity index is 775. The molecule has 0 bridgehead atoms. The molecular weight excluding hydrogens is 332 g/mol. The number of imide groups is 1. The molecule has 2 aliphatic rings. The van der Waals surface area contributed by atoms with Gasteiger partial charge in [-0.2, -0.15) is 0 Å². The van der Waals surface area contributed by atoms with Crippen LogP contribution in [-0.4, -0.2) is 29.0 Å². The topological polar surface area (TPSA) is 49.4 Å². The number of carbonyl (C=O) groups is 2. The molecular formula is C20H24N2O2S. The van der Waals surface area contributed by atoms with Crippen molar-refractivity contribution in [1.82, 2.24) is 10.2 Å². The first-order valence-electron chi connectivity index (χ1n) is 8.64. The van der Waals surface area contributed by atoms with E-state index in [-0.39, 0.29) is 13.2 Å². The zero-order chi connectivity index (χ0) is 17.8. The van der Waals surface area contributed by atoms with Crippen molar-refractivity contribution in [3.05, 3.63) is 64.7 Å². The van der Waals surface area contributed by atoms with Crippen molar-refractivity contribution in [2.75, 3.05) is 12.3 Å². The summed E-state index contributed by atoms with van der Waals surface area (Å²) in [7, 11) is 0. The fraction of sp³-hybridized carbons (Fsp3) is 0.300. The van der Waals surface area contributed by atoms with Crippen LogP contribution in [0.2, 0.25) is 0 Å². The van der Waals surface area contributed by atoms with Crippen LogP contribution in [-0.2, 0) is 13.1 Å². The standard InChI is InChI=1S/C18H16N2O2S.C2H6.H2/c21-17-15-3-1-2-4-16(15)18(22)20(17)7-8-23-14-6-5-12-10-19-11-13(12)9-14;1-2;/h1-6,9,19H,7-8,10-11H2;1-2H3;1H. The zero-order valence-electron chi connectivity index (χ0n) is 14.5. The second-order valence-electron chi connectivity index (χ2n) is 5.69. The predicted octanol–water partition coefficient (Wildman–Crippen LogP) is 3.95. The molecule has 4 nitrogen and oxygen atoms in total. The zero-order valence-corrected chi connectivity index (χ0v) is 15.4. The molecule has 0 spiro atoms. The van der Waals surface area contributed by atoms with E-state index in [9.17, 15) is 9.59 Å². The number of hydrogen-bond donors (Lipinski definition) is 1. The molecule has 25 heavy (non-hydrogen) atoms. The molecule has 2 aromatic rings. The quantitative estimate of drug-likeness (QED) is 0.666. The van der Waals surface area contributed by atoms with Crippen molar-refractivity contribution in [2.45, 2.75) is 31.8 Å². The maximum Gasteiger partial charge on any atom is 0.261 e. The lowest BCUT2D eigenvalue weighted by atomic mass is 10.1. The average molecular weight is 356 g/mol. The molecule has 5 heteroatoms. The molecule has 1 N–H and O–H groups in total. The van der Waals surface area contributed by atoms with Crippen molar-refractivity contribution < 1.29 is 11.0 Å². The van der Waals surface area contributed by atoms with Crippen LogP contribution in [0.25, 0.3) is 0 Å². The number of rotatable bonds is 4. The highest BCUT2D eigenvalue weighted by molar-refractivity contribution is 7.99. The highest BCUT2D eigenvalue weighted by Gasteiger charge is 2.34. The summed E-state index contributed by atoms with van der Waals surface area (Å²) in [4.78, 5) is 27.1. The number of amides is 2. The van der Waals surface area contributed by atoms with Crippen LogP contribution in [0.5, 0.6) is 0 Å². The first kappa shape index (κ1) is 17.7. The third kappa shape index (κ3) is 3.48. The van der Waals surface area contributed by atoms with Crippen LogP contribution in [0.3, 0.4) is 0 Å². The van der Waals surface area contributed by atoms with Gasteiger partial charge in [-0.25, -0.2) is 0 Å². The van der Waals surface area contributed by atoms with Gasteiger partial charge in [0.05, 0.1) is 11.1 Å². The molecule has 2 aromatic carbocycles. The summed E-state index contributed by atoms with van der Waals surface area (Å²) in [6.45, 7) is 6.30. The molecule has 4 rings (SSSR count). The van der Waals surface area contributed by atoms with Gasteiger partial charge in [0.1, 0.15) is 0 Å². The van der Waals surface area contributed by atoms with Gasteiger partial charge in [-0.3, -0.25) is 14.5 Å². The molecule has 2 heterocycles. The average Bonchev–Trinajstić information content (AvgIpc) is 3.22. The SMILES string of the molecule is CC.O=C1c2ccccc2C(=O)N1CCSc1ccc2c(c1)CNC2.[HH]. The summed E-state index contributed by atoms with van der Waals surface area (Å²) in [6, 6.07) is 13.5. The summed E-state index contributed by atoms with van der Waals surface area (Å²) in [5.74, 6) is 0.353. The van der Waals surface area contributed by atoms with E-state index < -0.39 is 0 Å². The van der Waals surface area contributed by atoms with Crippen LogP contribution in [0, 0.1) is 0 Å². The van der Waals surface area contributed by atoms with Crippen LogP contribution in [0.1, 0.15) is 47.1 Å². The fourth-order valence-corrected chi connectivity index (χ4v) is 3.96. The summed E-state index contributed by atoms with van der Waals surface area (Å²) in [5.41, 5.74) is 3.74. The Morgan fingerprint density at radius 2 is 1.64 bits per heavy atom. The van der Waals surface area contributed by atoms with E-state index in [0.717, 1.165) is 13.1 Å². The second-order valence-corrected chi connectivity index (χ2v) is 6.86. The number of carbonyl (C=O) groups excluding carboxylic acids is 2. The van der Waals surface area contributed by atoms with Crippen LogP contribution >= 0.6 is 11.8 Å². The van der Waals surface area contributed by atoms with Gasteiger partial charge in [0, 0.05) is 31.7 Å². The first-order valence-corrected chi connectivity index (χ1v) is 9.63. The van der Waals surface area contributed by atoms with Gasteiger partial charge < -0.3 is 5.32 Å². The Kier molecular flexibility index (Phi) is 5.56. The molecule has 132 valence electrons. The van der Waals surface area contributed by atoms with Crippen molar-refractivity contribution in [3.8, 4) is 0 Å². The Morgan fingerprint density at radius 1 is 1.00 bits per heavy atom. The first-order chi connectivity index (χ1) is 12.2. The number of nitrogens with zero attached hydrogens (tertiary/aromatic N) is 1. The van der Waals surface area contributed by atoms with Crippen molar-refractivity contribution in [2.24, 2.45) is 0 Å². The normalized spacial score (nSPS) is 14.9. The van der Waals surface area contributed by atoms with Gasteiger partial charge in [-0.15, -0.1) is 11.8 Å². The van der Waals surface area contributed by atoms with E-state index in [0.29, 0.717) is 23.4 Å². The molecule has 0 saturated carbocycles. The van der Waals surface area contributed by atoms with Crippen molar-refractivity contribution in [3.63, 3.8) is 0 Å². The maximum atomic E-state index is 12.3. The van der Waals surface area contributed by atoms with Gasteiger partial charge in [-0.05, 0) is 35.4 Å². The second kappa shape index (κ2) is 7.85. The van der Waals surface area contributed by atoms with E-state index in [1.54, 1.807) is 36.0 Å². The Hall–Kier alpha value is -2.11. The minimum Gasteiger partial charge on any atom is -0.309 e. The molecule has 0 unspecified atom stereocenters. The van der Waals surface area contributed by atoms with Crippen molar-refractivity contribution in [1.29, 1.82) is 0 Å². The van der Waals surface area contributed by atoms with Gasteiger partial charge >= 0.3 is 0 Å². The lowest BCUT2D eigenvalue weighted by Gasteiger charge is -2.13. The monoisotopic (exact) mass is 356 g/mol. The minimum atomic E-state index is -0.177. The maximum absolute atomic E-state index is 12.3. The van der Waals surface area contributed by atoms with Gasteiger partial charge in [0.25, 0.3) is 11.8 Å². The highest BCUT2D eigenvalue weighted by Crippen LogP contribution is 2.26. The van der Waals surface area contributed by atoms with E-state index in [2.05, 4.69) is 23.5 Å². The van der Waals surface area contributed by atoms with E-state index >= 15 is 0 Å². The number of fused-ring (bicyclic) bond motifs is 2. The third-order valence-electron chi connectivity index (χ3n) is 4.27.